The van der Waals surface area contributed by atoms with Gasteiger partial charge in [0, 0.05) is 30.2 Å². The van der Waals surface area contributed by atoms with Crippen molar-refractivity contribution in [3.8, 4) is 11.4 Å². The van der Waals surface area contributed by atoms with Crippen LogP contribution in [0.5, 0.6) is 0 Å². The Morgan fingerprint density at radius 3 is 2.64 bits per heavy atom. The van der Waals surface area contributed by atoms with Gasteiger partial charge >= 0.3 is 0 Å². The highest BCUT2D eigenvalue weighted by atomic mass is 35.5. The van der Waals surface area contributed by atoms with Crippen LogP contribution in [0.15, 0.2) is 61.1 Å². The summed E-state index contributed by atoms with van der Waals surface area (Å²) in [6.45, 7) is 0.676. The second kappa shape index (κ2) is 7.68. The molecule has 0 amide bonds. The maximum absolute atomic E-state index is 5.99. The Balaban J connectivity index is 0.00000182. The number of hydrogen-bond acceptors (Lipinski definition) is 4. The molecule has 1 fully saturated rings. The Kier molecular flexibility index (Phi) is 5.36. The highest BCUT2D eigenvalue weighted by Crippen LogP contribution is 2.37. The summed E-state index contributed by atoms with van der Waals surface area (Å²) in [6.07, 6.45) is 7.92. The van der Waals surface area contributed by atoms with Crippen molar-refractivity contribution in [2.45, 2.75) is 31.6 Å². The summed E-state index contributed by atoms with van der Waals surface area (Å²) in [6, 6.07) is 14.5. The van der Waals surface area contributed by atoms with Crippen molar-refractivity contribution < 1.29 is 4.74 Å². The van der Waals surface area contributed by atoms with Crippen LogP contribution in [0.25, 0.3) is 11.4 Å². The minimum Gasteiger partial charge on any atom is -0.384 e. The molecule has 0 aliphatic heterocycles. The first-order valence-electron chi connectivity index (χ1n) is 8.20. The van der Waals surface area contributed by atoms with Gasteiger partial charge < -0.3 is 15.0 Å². The number of nitrogen functional groups attached to an aromatic ring is 1. The number of nitrogens with two attached hydrogens (primary N) is 1. The van der Waals surface area contributed by atoms with Gasteiger partial charge in [0.1, 0.15) is 11.6 Å². The molecule has 0 radical (unpaired) electrons. The van der Waals surface area contributed by atoms with E-state index in [-0.39, 0.29) is 12.4 Å². The van der Waals surface area contributed by atoms with Crippen LogP contribution in [-0.2, 0) is 11.3 Å². The number of aromatic nitrogens is 3. The lowest BCUT2D eigenvalue weighted by Gasteiger charge is -2.36. The quantitative estimate of drug-likeness (QED) is 0.753. The molecule has 1 saturated carbocycles. The Bertz CT molecular complexity index is 815. The molecule has 2 aromatic heterocycles. The molecule has 0 atom stereocenters. The van der Waals surface area contributed by atoms with Gasteiger partial charge in [-0.3, -0.25) is 0 Å². The van der Waals surface area contributed by atoms with E-state index in [0.717, 1.165) is 24.2 Å². The molecule has 2 heterocycles. The van der Waals surface area contributed by atoms with Crippen molar-refractivity contribution >= 4 is 18.2 Å². The van der Waals surface area contributed by atoms with Crippen molar-refractivity contribution in [1.29, 1.82) is 0 Å². The van der Waals surface area contributed by atoms with Crippen LogP contribution in [0.3, 0.4) is 0 Å². The molecule has 1 aliphatic rings. The first-order chi connectivity index (χ1) is 11.8. The number of imidazole rings is 1. The SMILES string of the molecule is Cl.Nc1cc(-c2nccn2C2CC(OCc3ccccc3)C2)ccn1. The highest BCUT2D eigenvalue weighted by molar-refractivity contribution is 5.85. The van der Waals surface area contributed by atoms with Gasteiger partial charge in [-0.2, -0.15) is 0 Å². The zero-order valence-corrected chi connectivity index (χ0v) is 14.6. The standard InChI is InChI=1S/C19H20N4O.ClH/c20-18-10-15(6-7-21-18)19-22-8-9-23(19)16-11-17(12-16)24-13-14-4-2-1-3-5-14;/h1-10,16-17H,11-13H2,(H2,20,21);1H. The second-order valence-corrected chi connectivity index (χ2v) is 6.17. The molecule has 25 heavy (non-hydrogen) atoms. The third-order valence-electron chi connectivity index (χ3n) is 4.50. The molecule has 130 valence electrons. The molecule has 6 heteroatoms. The molecular weight excluding hydrogens is 336 g/mol. The van der Waals surface area contributed by atoms with E-state index in [4.69, 9.17) is 10.5 Å². The molecule has 4 rings (SSSR count). The summed E-state index contributed by atoms with van der Waals surface area (Å²) in [5.41, 5.74) is 8.01. The zero-order chi connectivity index (χ0) is 16.4. The summed E-state index contributed by atoms with van der Waals surface area (Å²) >= 11 is 0. The molecule has 1 aromatic carbocycles. The fourth-order valence-electron chi connectivity index (χ4n) is 3.11. The van der Waals surface area contributed by atoms with Crippen LogP contribution in [0, 0.1) is 0 Å². The summed E-state index contributed by atoms with van der Waals surface area (Å²) in [4.78, 5) is 8.53. The first kappa shape index (κ1) is 17.5. The lowest BCUT2D eigenvalue weighted by molar-refractivity contribution is -0.0353. The molecule has 1 aliphatic carbocycles. The van der Waals surface area contributed by atoms with Crippen molar-refractivity contribution in [3.63, 3.8) is 0 Å². The summed E-state index contributed by atoms with van der Waals surface area (Å²) in [5.74, 6) is 1.45. The van der Waals surface area contributed by atoms with Crippen LogP contribution in [0.4, 0.5) is 5.82 Å². The van der Waals surface area contributed by atoms with Crippen LogP contribution in [0.1, 0.15) is 24.4 Å². The van der Waals surface area contributed by atoms with Crippen LogP contribution in [-0.4, -0.2) is 20.6 Å². The van der Waals surface area contributed by atoms with Gasteiger partial charge in [-0.25, -0.2) is 9.97 Å². The maximum atomic E-state index is 5.99. The predicted octanol–water partition coefficient (Wildman–Crippen LogP) is 3.87. The van der Waals surface area contributed by atoms with Crippen LogP contribution < -0.4 is 5.73 Å². The monoisotopic (exact) mass is 356 g/mol. The predicted molar refractivity (Wildman–Crippen MR) is 100 cm³/mol. The topological polar surface area (TPSA) is 66.0 Å². The molecular formula is C19H21ClN4O. The van der Waals surface area contributed by atoms with E-state index in [1.54, 1.807) is 6.20 Å². The van der Waals surface area contributed by atoms with E-state index in [2.05, 4.69) is 26.7 Å². The Hall–Kier alpha value is -2.37. The van der Waals surface area contributed by atoms with E-state index < -0.39 is 0 Å². The van der Waals surface area contributed by atoms with Gasteiger partial charge in [-0.1, -0.05) is 30.3 Å². The summed E-state index contributed by atoms with van der Waals surface area (Å²) < 4.78 is 8.21. The second-order valence-electron chi connectivity index (χ2n) is 6.17. The third kappa shape index (κ3) is 3.83. The summed E-state index contributed by atoms with van der Waals surface area (Å²) in [5, 5.41) is 0. The lowest BCUT2D eigenvalue weighted by Crippen LogP contribution is -2.33. The molecule has 5 nitrogen and oxygen atoms in total. The normalized spacial score (nSPS) is 19.0. The molecule has 0 bridgehead atoms. The van der Waals surface area contributed by atoms with Crippen molar-refractivity contribution in [1.82, 2.24) is 14.5 Å². The van der Waals surface area contributed by atoms with Gasteiger partial charge in [0.05, 0.1) is 12.7 Å². The fraction of sp³-hybridized carbons (Fsp3) is 0.263. The lowest BCUT2D eigenvalue weighted by atomic mass is 9.88. The average molecular weight is 357 g/mol. The van der Waals surface area contributed by atoms with Gasteiger partial charge in [0.2, 0.25) is 0 Å². The molecule has 3 aromatic rings. The number of halogens is 1. The van der Waals surface area contributed by atoms with E-state index >= 15 is 0 Å². The number of rotatable bonds is 5. The number of nitrogens with zero attached hydrogens (tertiary/aromatic N) is 3. The largest absolute Gasteiger partial charge is 0.384 e. The van der Waals surface area contributed by atoms with Crippen molar-refractivity contribution in [2.24, 2.45) is 0 Å². The number of benzene rings is 1. The Morgan fingerprint density at radius 2 is 1.88 bits per heavy atom. The van der Waals surface area contributed by atoms with Crippen molar-refractivity contribution in [3.05, 3.63) is 66.6 Å². The Labute approximate surface area is 153 Å². The zero-order valence-electron chi connectivity index (χ0n) is 13.8. The number of anilines is 1. The van der Waals surface area contributed by atoms with E-state index in [0.29, 0.717) is 24.6 Å². The number of hydrogen-bond donors (Lipinski definition) is 1. The maximum Gasteiger partial charge on any atom is 0.140 e. The third-order valence-corrected chi connectivity index (χ3v) is 4.50. The van der Waals surface area contributed by atoms with Crippen LogP contribution >= 0.6 is 12.4 Å². The van der Waals surface area contributed by atoms with E-state index in [9.17, 15) is 0 Å². The molecule has 0 unspecified atom stereocenters. The van der Waals surface area contributed by atoms with E-state index in [1.165, 1.54) is 5.56 Å². The van der Waals surface area contributed by atoms with E-state index in [1.807, 2.05) is 42.7 Å². The van der Waals surface area contributed by atoms with Crippen molar-refractivity contribution in [2.75, 3.05) is 5.73 Å². The van der Waals surface area contributed by atoms with Gasteiger partial charge in [-0.05, 0) is 30.5 Å². The van der Waals surface area contributed by atoms with Gasteiger partial charge in [0.25, 0.3) is 0 Å². The summed E-state index contributed by atoms with van der Waals surface area (Å²) in [7, 11) is 0. The first-order valence-corrected chi connectivity index (χ1v) is 8.20. The fourth-order valence-corrected chi connectivity index (χ4v) is 3.11. The molecule has 2 N–H and O–H groups in total. The molecule has 0 saturated heterocycles. The minimum atomic E-state index is 0. The van der Waals surface area contributed by atoms with Gasteiger partial charge in [0.15, 0.2) is 0 Å². The molecule has 0 spiro atoms. The minimum absolute atomic E-state index is 0. The highest BCUT2D eigenvalue weighted by Gasteiger charge is 2.32. The number of ether oxygens (including phenoxy) is 1. The average Bonchev–Trinajstić information content (AvgIpc) is 3.03. The van der Waals surface area contributed by atoms with Crippen LogP contribution in [0.2, 0.25) is 0 Å². The smallest absolute Gasteiger partial charge is 0.140 e. The Morgan fingerprint density at radius 1 is 1.08 bits per heavy atom. The number of pyridine rings is 1. The van der Waals surface area contributed by atoms with Gasteiger partial charge in [-0.15, -0.1) is 12.4 Å².